The number of carbonyl (C=O) groups is 1. The van der Waals surface area contributed by atoms with Crippen LogP contribution in [-0.2, 0) is 4.79 Å². The Balaban J connectivity index is 0.00000169. The molecule has 1 saturated heterocycles. The van der Waals surface area contributed by atoms with Crippen molar-refractivity contribution < 1.29 is 4.79 Å². The van der Waals surface area contributed by atoms with Crippen LogP contribution in [-0.4, -0.2) is 48.4 Å². The summed E-state index contributed by atoms with van der Waals surface area (Å²) in [6, 6.07) is 0.446. The molecule has 4 heteroatoms. The first kappa shape index (κ1) is 14.2. The molecule has 0 aliphatic carbocycles. The van der Waals surface area contributed by atoms with Crippen molar-refractivity contribution in [1.29, 1.82) is 0 Å². The van der Waals surface area contributed by atoms with Gasteiger partial charge in [0.2, 0.25) is 5.91 Å². The Morgan fingerprint density at radius 1 is 1.43 bits per heavy atom. The zero-order valence-electron chi connectivity index (χ0n) is 9.32. The number of likely N-dealkylation sites (N-methyl/N-ethyl adjacent to an activating group) is 1. The second-order valence-electron chi connectivity index (χ2n) is 3.92. The van der Waals surface area contributed by atoms with Crippen LogP contribution >= 0.6 is 24.0 Å². The Kier molecular flexibility index (Phi) is 6.68. The molecule has 3 nitrogen and oxygen atoms in total. The first-order valence-electron chi connectivity index (χ1n) is 5.11. The molecule has 0 aromatic heterocycles. The molecule has 1 aliphatic rings. The van der Waals surface area contributed by atoms with Gasteiger partial charge in [-0.1, -0.05) is 13.3 Å². The van der Waals surface area contributed by atoms with E-state index in [0.717, 1.165) is 32.5 Å². The second-order valence-corrected chi connectivity index (χ2v) is 3.92. The molecule has 1 heterocycles. The van der Waals surface area contributed by atoms with Crippen LogP contribution in [0.25, 0.3) is 0 Å². The predicted molar refractivity (Wildman–Crippen MR) is 69.0 cm³/mol. The van der Waals surface area contributed by atoms with Gasteiger partial charge < -0.3 is 9.80 Å². The minimum atomic E-state index is 0. The molecule has 1 unspecified atom stereocenters. The third-order valence-electron chi connectivity index (χ3n) is 2.71. The lowest BCUT2D eigenvalue weighted by atomic mass is 10.1. The normalized spacial score (nSPS) is 23.1. The molecule has 84 valence electrons. The third kappa shape index (κ3) is 3.73. The Labute approximate surface area is 104 Å². The Bertz CT molecular complexity index is 187. The van der Waals surface area contributed by atoms with Gasteiger partial charge in [-0.05, 0) is 13.5 Å². The van der Waals surface area contributed by atoms with E-state index in [1.807, 2.05) is 4.90 Å². The van der Waals surface area contributed by atoms with Gasteiger partial charge in [-0.2, -0.15) is 0 Å². The summed E-state index contributed by atoms with van der Waals surface area (Å²) in [6.07, 6.45) is 2.28. The summed E-state index contributed by atoms with van der Waals surface area (Å²) in [5.74, 6) is 0.228. The summed E-state index contributed by atoms with van der Waals surface area (Å²) >= 11 is 0. The minimum Gasteiger partial charge on any atom is -0.337 e. The average molecular weight is 312 g/mol. The highest BCUT2D eigenvalue weighted by molar-refractivity contribution is 14.0. The molecule has 0 aromatic carbocycles. The fourth-order valence-electron chi connectivity index (χ4n) is 2.01. The number of halogens is 1. The first-order chi connectivity index (χ1) is 6.15. The molecule has 1 amide bonds. The molecule has 1 atom stereocenters. The van der Waals surface area contributed by atoms with Gasteiger partial charge in [0.25, 0.3) is 0 Å². The molecule has 0 radical (unpaired) electrons. The summed E-state index contributed by atoms with van der Waals surface area (Å²) in [7, 11) is 2.13. The van der Waals surface area contributed by atoms with Gasteiger partial charge in [0.1, 0.15) is 0 Å². The molecule has 0 N–H and O–H groups in total. The maximum atomic E-state index is 11.3. The highest BCUT2D eigenvalue weighted by Crippen LogP contribution is 2.13. The fraction of sp³-hybridized carbons (Fsp3) is 0.900. The third-order valence-corrected chi connectivity index (χ3v) is 2.71. The van der Waals surface area contributed by atoms with Gasteiger partial charge in [-0.25, -0.2) is 0 Å². The summed E-state index contributed by atoms with van der Waals surface area (Å²) in [6.45, 7) is 6.80. The van der Waals surface area contributed by atoms with Crippen LogP contribution in [0.15, 0.2) is 0 Å². The lowest BCUT2D eigenvalue weighted by Gasteiger charge is -2.39. The van der Waals surface area contributed by atoms with E-state index in [4.69, 9.17) is 0 Å². The Morgan fingerprint density at radius 3 is 2.57 bits per heavy atom. The van der Waals surface area contributed by atoms with Crippen LogP contribution in [0.4, 0.5) is 0 Å². The van der Waals surface area contributed by atoms with Gasteiger partial charge in [-0.3, -0.25) is 4.79 Å². The largest absolute Gasteiger partial charge is 0.337 e. The molecule has 0 aromatic rings. The number of carbonyl (C=O) groups excluding carboxylic acids is 1. The number of rotatable bonds is 2. The first-order valence-corrected chi connectivity index (χ1v) is 5.11. The molecular weight excluding hydrogens is 291 g/mol. The topological polar surface area (TPSA) is 23.6 Å². The number of hydrogen-bond acceptors (Lipinski definition) is 2. The van der Waals surface area contributed by atoms with Crippen LogP contribution in [0.3, 0.4) is 0 Å². The zero-order chi connectivity index (χ0) is 9.84. The molecule has 1 rings (SSSR count). The lowest BCUT2D eigenvalue weighted by Crippen LogP contribution is -2.53. The highest BCUT2D eigenvalue weighted by Gasteiger charge is 2.25. The van der Waals surface area contributed by atoms with E-state index in [9.17, 15) is 4.79 Å². The van der Waals surface area contributed by atoms with E-state index < -0.39 is 0 Å². The Hall–Kier alpha value is 0.160. The van der Waals surface area contributed by atoms with Crippen molar-refractivity contribution in [1.82, 2.24) is 9.80 Å². The van der Waals surface area contributed by atoms with Gasteiger partial charge in [0.15, 0.2) is 0 Å². The molecule has 1 fully saturated rings. The van der Waals surface area contributed by atoms with Crippen molar-refractivity contribution in [2.45, 2.75) is 32.7 Å². The van der Waals surface area contributed by atoms with Crippen molar-refractivity contribution in [3.05, 3.63) is 0 Å². The van der Waals surface area contributed by atoms with E-state index in [1.54, 1.807) is 6.92 Å². The standard InChI is InChI=1S/C10H20N2O.HI/c1-4-5-10-8-11(3)6-7-12(10)9(2)13;/h10H,4-8H2,1-3H3;1H. The number of amides is 1. The fourth-order valence-corrected chi connectivity index (χ4v) is 2.01. The average Bonchev–Trinajstić information content (AvgIpc) is 2.04. The summed E-state index contributed by atoms with van der Waals surface area (Å²) in [4.78, 5) is 15.6. The lowest BCUT2D eigenvalue weighted by molar-refractivity contribution is -0.133. The molecular formula is C10H21IN2O. The predicted octanol–water partition coefficient (Wildman–Crippen LogP) is 1.57. The molecule has 0 bridgehead atoms. The van der Waals surface area contributed by atoms with Gasteiger partial charge in [-0.15, -0.1) is 24.0 Å². The Morgan fingerprint density at radius 2 is 2.07 bits per heavy atom. The smallest absolute Gasteiger partial charge is 0.219 e. The van der Waals surface area contributed by atoms with Gasteiger partial charge in [0.05, 0.1) is 0 Å². The van der Waals surface area contributed by atoms with E-state index in [2.05, 4.69) is 18.9 Å². The van der Waals surface area contributed by atoms with Crippen molar-refractivity contribution >= 4 is 29.9 Å². The maximum absolute atomic E-state index is 11.3. The van der Waals surface area contributed by atoms with Crippen LogP contribution in [0.1, 0.15) is 26.7 Å². The van der Waals surface area contributed by atoms with E-state index >= 15 is 0 Å². The van der Waals surface area contributed by atoms with E-state index in [1.165, 1.54) is 0 Å². The minimum absolute atomic E-state index is 0. The van der Waals surface area contributed by atoms with Crippen molar-refractivity contribution in [2.24, 2.45) is 0 Å². The molecule has 14 heavy (non-hydrogen) atoms. The van der Waals surface area contributed by atoms with Crippen LogP contribution < -0.4 is 0 Å². The number of nitrogens with zero attached hydrogens (tertiary/aromatic N) is 2. The van der Waals surface area contributed by atoms with Gasteiger partial charge >= 0.3 is 0 Å². The summed E-state index contributed by atoms with van der Waals surface area (Å²) < 4.78 is 0. The SMILES string of the molecule is CCCC1CN(C)CCN1C(C)=O.I. The number of hydrogen-bond donors (Lipinski definition) is 0. The molecule has 0 spiro atoms. The monoisotopic (exact) mass is 312 g/mol. The van der Waals surface area contributed by atoms with Crippen molar-refractivity contribution in [3.63, 3.8) is 0 Å². The van der Waals surface area contributed by atoms with Gasteiger partial charge in [0, 0.05) is 32.6 Å². The zero-order valence-corrected chi connectivity index (χ0v) is 11.7. The van der Waals surface area contributed by atoms with E-state index in [-0.39, 0.29) is 29.9 Å². The van der Waals surface area contributed by atoms with Crippen LogP contribution in [0, 0.1) is 0 Å². The quantitative estimate of drug-likeness (QED) is 0.723. The van der Waals surface area contributed by atoms with E-state index in [0.29, 0.717) is 6.04 Å². The van der Waals surface area contributed by atoms with Crippen LogP contribution in [0.5, 0.6) is 0 Å². The molecule has 0 saturated carbocycles. The summed E-state index contributed by atoms with van der Waals surface area (Å²) in [5.41, 5.74) is 0. The second kappa shape index (κ2) is 6.61. The summed E-state index contributed by atoms with van der Waals surface area (Å²) in [5, 5.41) is 0. The van der Waals surface area contributed by atoms with Crippen LogP contribution in [0.2, 0.25) is 0 Å². The maximum Gasteiger partial charge on any atom is 0.219 e. The van der Waals surface area contributed by atoms with Crippen molar-refractivity contribution in [2.75, 3.05) is 26.7 Å². The highest BCUT2D eigenvalue weighted by atomic mass is 127. The molecule has 1 aliphatic heterocycles. The van der Waals surface area contributed by atoms with Crippen molar-refractivity contribution in [3.8, 4) is 0 Å². The number of piperazine rings is 1.